The van der Waals surface area contributed by atoms with Crippen molar-refractivity contribution in [2.24, 2.45) is 5.92 Å². The summed E-state index contributed by atoms with van der Waals surface area (Å²) >= 11 is 6.08. The Hall–Kier alpha value is -2.89. The van der Waals surface area contributed by atoms with Crippen molar-refractivity contribution in [3.05, 3.63) is 94.5 Å². The lowest BCUT2D eigenvalue weighted by Crippen LogP contribution is -2.52. The highest BCUT2D eigenvalue weighted by Crippen LogP contribution is 2.35. The zero-order chi connectivity index (χ0) is 19.5. The number of hydroxylamine groups is 1. The molecular weight excluding hydrogens is 376 g/mol. The van der Waals surface area contributed by atoms with Crippen LogP contribution in [0.25, 0.3) is 0 Å². The first-order valence-electron chi connectivity index (χ1n) is 9.04. The molecule has 4 rings (SSSR count). The summed E-state index contributed by atoms with van der Waals surface area (Å²) in [4.78, 5) is 31.0. The number of allylic oxidation sites excluding steroid dienone is 2. The van der Waals surface area contributed by atoms with Gasteiger partial charge in [0, 0.05) is 16.5 Å². The molecule has 0 aromatic heterocycles. The summed E-state index contributed by atoms with van der Waals surface area (Å²) in [5, 5.41) is 3.56. The second-order valence-electron chi connectivity index (χ2n) is 6.79. The third kappa shape index (κ3) is 3.72. The zero-order valence-electron chi connectivity index (χ0n) is 15.0. The maximum absolute atomic E-state index is 13.0. The molecule has 0 saturated carbocycles. The van der Waals surface area contributed by atoms with Gasteiger partial charge in [0.25, 0.3) is 11.8 Å². The molecule has 0 saturated heterocycles. The highest BCUT2D eigenvalue weighted by atomic mass is 35.5. The van der Waals surface area contributed by atoms with E-state index in [-0.39, 0.29) is 24.3 Å². The second-order valence-corrected chi connectivity index (χ2v) is 7.23. The largest absolute Gasteiger partial charge is 0.347 e. The van der Waals surface area contributed by atoms with Gasteiger partial charge in [0.2, 0.25) is 0 Å². The Balaban J connectivity index is 1.56. The van der Waals surface area contributed by atoms with E-state index in [1.807, 2.05) is 54.6 Å². The first-order chi connectivity index (χ1) is 13.6. The van der Waals surface area contributed by atoms with Gasteiger partial charge in [0.15, 0.2) is 0 Å². The molecule has 2 amide bonds. The molecule has 1 aliphatic heterocycles. The summed E-state index contributed by atoms with van der Waals surface area (Å²) < 4.78 is 0. The average Bonchev–Trinajstić information content (AvgIpc) is 3.15. The van der Waals surface area contributed by atoms with Crippen LogP contribution in [0.4, 0.5) is 0 Å². The quantitative estimate of drug-likeness (QED) is 0.763. The third-order valence-corrected chi connectivity index (χ3v) is 5.23. The molecule has 0 radical (unpaired) electrons. The Bertz CT molecular complexity index is 955. The van der Waals surface area contributed by atoms with Gasteiger partial charge in [0.05, 0.1) is 18.6 Å². The van der Waals surface area contributed by atoms with E-state index >= 15 is 0 Å². The monoisotopic (exact) mass is 394 g/mol. The van der Waals surface area contributed by atoms with E-state index in [1.54, 1.807) is 18.2 Å². The topological polar surface area (TPSA) is 67.4 Å². The van der Waals surface area contributed by atoms with E-state index in [0.717, 1.165) is 5.56 Å². The third-order valence-electron chi connectivity index (χ3n) is 4.98. The molecule has 0 bridgehead atoms. The summed E-state index contributed by atoms with van der Waals surface area (Å²) in [5.74, 6) is -1.27. The molecule has 6 heteroatoms. The predicted molar refractivity (Wildman–Crippen MR) is 106 cm³/mol. The van der Waals surface area contributed by atoms with E-state index in [1.165, 1.54) is 0 Å². The van der Waals surface area contributed by atoms with Crippen LogP contribution in [0.1, 0.15) is 27.4 Å². The number of amides is 2. The Morgan fingerprint density at radius 1 is 1.11 bits per heavy atom. The van der Waals surface area contributed by atoms with Gasteiger partial charge in [-0.3, -0.25) is 14.4 Å². The molecule has 5 nitrogen and oxygen atoms in total. The molecule has 0 spiro atoms. The molecule has 2 aromatic rings. The van der Waals surface area contributed by atoms with E-state index in [9.17, 15) is 9.59 Å². The van der Waals surface area contributed by atoms with Crippen molar-refractivity contribution in [3.8, 4) is 0 Å². The van der Waals surface area contributed by atoms with Crippen LogP contribution in [0.15, 0.2) is 77.9 Å². The fraction of sp³-hybridized carbons (Fsp3) is 0.182. The number of carbonyl (C=O) groups is 2. The summed E-state index contributed by atoms with van der Waals surface area (Å²) in [5.41, 5.74) is 4.68. The fourth-order valence-electron chi connectivity index (χ4n) is 3.65. The van der Waals surface area contributed by atoms with Crippen LogP contribution >= 0.6 is 11.6 Å². The van der Waals surface area contributed by atoms with Gasteiger partial charge in [-0.05, 0) is 23.3 Å². The number of nitrogens with one attached hydrogen (secondary N) is 2. The van der Waals surface area contributed by atoms with Gasteiger partial charge < -0.3 is 5.32 Å². The fourth-order valence-corrected chi connectivity index (χ4v) is 3.87. The highest BCUT2D eigenvalue weighted by Gasteiger charge is 2.41. The average molecular weight is 395 g/mol. The van der Waals surface area contributed by atoms with Crippen LogP contribution in [0.2, 0.25) is 0 Å². The molecule has 2 aliphatic rings. The Morgan fingerprint density at radius 2 is 1.86 bits per heavy atom. The predicted octanol–water partition coefficient (Wildman–Crippen LogP) is 3.44. The number of hydrogen-bond acceptors (Lipinski definition) is 3. The number of halogens is 1. The van der Waals surface area contributed by atoms with Crippen molar-refractivity contribution in [1.82, 2.24) is 10.8 Å². The van der Waals surface area contributed by atoms with E-state index in [0.29, 0.717) is 16.2 Å². The van der Waals surface area contributed by atoms with Gasteiger partial charge in [0.1, 0.15) is 0 Å². The van der Waals surface area contributed by atoms with Gasteiger partial charge in [-0.1, -0.05) is 72.3 Å². The SMILES string of the molecule is O=C1NC(C2C=CC(Cl)=C2)[C@H](C(=O)NOCc2ccccc2)c2ccccc21. The number of benzene rings is 2. The van der Waals surface area contributed by atoms with Crippen molar-refractivity contribution in [1.29, 1.82) is 0 Å². The Kier molecular flexibility index (Phi) is 5.28. The smallest absolute Gasteiger partial charge is 0.253 e. The van der Waals surface area contributed by atoms with Gasteiger partial charge in [-0.2, -0.15) is 0 Å². The van der Waals surface area contributed by atoms with Crippen LogP contribution in [0.3, 0.4) is 0 Å². The zero-order valence-corrected chi connectivity index (χ0v) is 15.7. The van der Waals surface area contributed by atoms with E-state index in [2.05, 4.69) is 10.8 Å². The summed E-state index contributed by atoms with van der Waals surface area (Å²) in [6, 6.07) is 16.3. The number of carbonyl (C=O) groups excluding carboxylic acids is 2. The lowest BCUT2D eigenvalue weighted by Gasteiger charge is -2.35. The normalized spacial score (nSPS) is 23.0. The molecule has 2 N–H and O–H groups in total. The van der Waals surface area contributed by atoms with Crippen molar-refractivity contribution in [2.45, 2.75) is 18.6 Å². The lowest BCUT2D eigenvalue weighted by molar-refractivity contribution is -0.137. The Labute approximate surface area is 168 Å². The summed E-state index contributed by atoms with van der Waals surface area (Å²) in [6.45, 7) is 0.257. The molecule has 142 valence electrons. The molecular formula is C22H19ClN2O3. The maximum Gasteiger partial charge on any atom is 0.253 e. The van der Waals surface area contributed by atoms with Crippen LogP contribution < -0.4 is 10.8 Å². The molecule has 0 fully saturated rings. The molecule has 2 aromatic carbocycles. The summed E-state index contributed by atoms with van der Waals surface area (Å²) in [6.07, 6.45) is 5.51. The molecule has 1 heterocycles. The number of fused-ring (bicyclic) bond motifs is 1. The van der Waals surface area contributed by atoms with E-state index in [4.69, 9.17) is 16.4 Å². The molecule has 1 aliphatic carbocycles. The van der Waals surface area contributed by atoms with Crippen LogP contribution in [0, 0.1) is 5.92 Å². The van der Waals surface area contributed by atoms with Crippen LogP contribution in [0.5, 0.6) is 0 Å². The van der Waals surface area contributed by atoms with Crippen molar-refractivity contribution < 1.29 is 14.4 Å². The first kappa shape index (κ1) is 18.5. The number of hydrogen-bond donors (Lipinski definition) is 2. The highest BCUT2D eigenvalue weighted by molar-refractivity contribution is 6.31. The van der Waals surface area contributed by atoms with Crippen LogP contribution in [-0.2, 0) is 16.2 Å². The van der Waals surface area contributed by atoms with E-state index < -0.39 is 12.0 Å². The van der Waals surface area contributed by atoms with Crippen molar-refractivity contribution in [2.75, 3.05) is 0 Å². The van der Waals surface area contributed by atoms with Gasteiger partial charge in [-0.25, -0.2) is 5.48 Å². The molecule has 28 heavy (non-hydrogen) atoms. The van der Waals surface area contributed by atoms with Crippen molar-refractivity contribution >= 4 is 23.4 Å². The minimum Gasteiger partial charge on any atom is -0.347 e. The standard InChI is InChI=1S/C22H19ClN2O3/c23-16-11-10-15(12-16)20-19(17-8-4-5-9-18(17)21(26)24-20)22(27)25-28-13-14-6-2-1-3-7-14/h1-12,15,19-20H,13H2,(H,24,26)(H,25,27)/t15?,19-,20?/m1/s1. The maximum atomic E-state index is 13.0. The Morgan fingerprint density at radius 3 is 2.61 bits per heavy atom. The van der Waals surface area contributed by atoms with Crippen LogP contribution in [-0.4, -0.2) is 17.9 Å². The molecule has 2 unspecified atom stereocenters. The lowest BCUT2D eigenvalue weighted by atomic mass is 9.78. The molecule has 3 atom stereocenters. The number of rotatable bonds is 5. The minimum atomic E-state index is -0.599. The van der Waals surface area contributed by atoms with Crippen molar-refractivity contribution in [3.63, 3.8) is 0 Å². The van der Waals surface area contributed by atoms with Gasteiger partial charge in [-0.15, -0.1) is 0 Å². The van der Waals surface area contributed by atoms with Gasteiger partial charge >= 0.3 is 0 Å². The minimum absolute atomic E-state index is 0.172. The first-order valence-corrected chi connectivity index (χ1v) is 9.42. The summed E-state index contributed by atoms with van der Waals surface area (Å²) in [7, 11) is 0. The second kappa shape index (κ2) is 8.00.